The van der Waals surface area contributed by atoms with Crippen LogP contribution in [0, 0.1) is 5.92 Å². The van der Waals surface area contributed by atoms with Gasteiger partial charge in [-0.3, -0.25) is 9.59 Å². The van der Waals surface area contributed by atoms with Gasteiger partial charge in [0.1, 0.15) is 0 Å². The van der Waals surface area contributed by atoms with Gasteiger partial charge in [0, 0.05) is 37.2 Å². The van der Waals surface area contributed by atoms with Crippen LogP contribution >= 0.6 is 0 Å². The zero-order valence-corrected chi connectivity index (χ0v) is 14.0. The summed E-state index contributed by atoms with van der Waals surface area (Å²) in [7, 11) is 0. The molecule has 126 valence electrons. The third kappa shape index (κ3) is 5.35. The van der Waals surface area contributed by atoms with Gasteiger partial charge in [0.15, 0.2) is 0 Å². The molecule has 7 heteroatoms. The van der Waals surface area contributed by atoms with Gasteiger partial charge in [-0.15, -0.1) is 0 Å². The average Bonchev–Trinajstić information content (AvgIpc) is 2.53. The van der Waals surface area contributed by atoms with E-state index in [1.165, 1.54) is 19.3 Å². The number of carbonyl (C=O) groups is 2. The first-order valence-electron chi connectivity index (χ1n) is 7.69. The minimum Gasteiger partial charge on any atom is -0.354 e. The lowest BCUT2D eigenvalue weighted by Gasteiger charge is -2.09. The van der Waals surface area contributed by atoms with Crippen molar-refractivity contribution in [1.82, 2.24) is 9.97 Å². The smallest absolute Gasteiger partial charge is 0.258 e. The first kappa shape index (κ1) is 17.4. The normalized spacial score (nSPS) is 10.3. The summed E-state index contributed by atoms with van der Waals surface area (Å²) in [5.74, 6) is 0.488. The van der Waals surface area contributed by atoms with Gasteiger partial charge in [0.05, 0.1) is 5.56 Å². The molecule has 0 radical (unpaired) electrons. The second-order valence-electron chi connectivity index (χ2n) is 5.79. The Labute approximate surface area is 140 Å². The molecule has 0 saturated carbocycles. The molecule has 0 unspecified atom stereocenters. The highest BCUT2D eigenvalue weighted by molar-refractivity contribution is 6.04. The lowest BCUT2D eigenvalue weighted by molar-refractivity contribution is -0.114. The Morgan fingerprint density at radius 1 is 1.08 bits per heavy atom. The van der Waals surface area contributed by atoms with Crippen molar-refractivity contribution < 1.29 is 9.59 Å². The maximum atomic E-state index is 12.2. The molecule has 0 aliphatic rings. The number of hydrogen-bond acceptors (Lipinski definition) is 5. The molecule has 0 spiro atoms. The molecule has 0 fully saturated rings. The first-order valence-corrected chi connectivity index (χ1v) is 7.69. The number of nitrogens with zero attached hydrogens (tertiary/aromatic N) is 2. The molecule has 0 saturated heterocycles. The Morgan fingerprint density at radius 3 is 2.29 bits per heavy atom. The van der Waals surface area contributed by atoms with E-state index in [2.05, 4.69) is 39.8 Å². The van der Waals surface area contributed by atoms with Crippen molar-refractivity contribution >= 4 is 29.1 Å². The van der Waals surface area contributed by atoms with E-state index in [0.29, 0.717) is 28.8 Å². The predicted octanol–water partition coefficient (Wildman–Crippen LogP) is 2.76. The van der Waals surface area contributed by atoms with Crippen LogP contribution in [0.4, 0.5) is 17.3 Å². The molecule has 0 aliphatic heterocycles. The van der Waals surface area contributed by atoms with Crippen LogP contribution in [0.3, 0.4) is 0 Å². The average molecular weight is 327 g/mol. The molecule has 1 heterocycles. The van der Waals surface area contributed by atoms with E-state index in [-0.39, 0.29) is 11.8 Å². The van der Waals surface area contributed by atoms with Crippen LogP contribution in [0.2, 0.25) is 0 Å². The van der Waals surface area contributed by atoms with E-state index < -0.39 is 0 Å². The number of aromatic nitrogens is 2. The van der Waals surface area contributed by atoms with Crippen LogP contribution in [-0.2, 0) is 4.79 Å². The third-order valence-corrected chi connectivity index (χ3v) is 3.02. The molecule has 7 nitrogen and oxygen atoms in total. The van der Waals surface area contributed by atoms with Gasteiger partial charge in [-0.25, -0.2) is 9.97 Å². The van der Waals surface area contributed by atoms with Crippen LogP contribution in [-0.4, -0.2) is 28.3 Å². The summed E-state index contributed by atoms with van der Waals surface area (Å²) in [4.78, 5) is 31.6. The van der Waals surface area contributed by atoms with Crippen molar-refractivity contribution in [3.8, 4) is 0 Å². The van der Waals surface area contributed by atoms with Crippen molar-refractivity contribution in [2.45, 2.75) is 20.8 Å². The van der Waals surface area contributed by atoms with Crippen molar-refractivity contribution in [1.29, 1.82) is 0 Å². The molecular weight excluding hydrogens is 306 g/mol. The van der Waals surface area contributed by atoms with Crippen molar-refractivity contribution in [3.05, 3.63) is 42.2 Å². The Balaban J connectivity index is 2.00. The van der Waals surface area contributed by atoms with Crippen LogP contribution in [0.5, 0.6) is 0 Å². The standard InChI is InChI=1S/C17H21N5O2/c1-11(2)8-18-17-19-9-13(10-20-17)16(24)22-15-6-4-5-14(7-15)21-12(3)23/h4-7,9-11H,8H2,1-3H3,(H,21,23)(H,22,24)(H,18,19,20). The van der Waals surface area contributed by atoms with E-state index in [9.17, 15) is 9.59 Å². The summed E-state index contributed by atoms with van der Waals surface area (Å²) < 4.78 is 0. The number of carbonyl (C=O) groups excluding carboxylic acids is 2. The molecule has 0 aliphatic carbocycles. The van der Waals surface area contributed by atoms with E-state index in [4.69, 9.17) is 0 Å². The number of rotatable bonds is 6. The van der Waals surface area contributed by atoms with Gasteiger partial charge in [-0.1, -0.05) is 19.9 Å². The zero-order chi connectivity index (χ0) is 17.5. The summed E-state index contributed by atoms with van der Waals surface area (Å²) in [5.41, 5.74) is 1.55. The molecule has 1 aromatic carbocycles. The molecule has 2 amide bonds. The minimum atomic E-state index is -0.314. The maximum absolute atomic E-state index is 12.2. The fourth-order valence-electron chi connectivity index (χ4n) is 1.91. The summed E-state index contributed by atoms with van der Waals surface area (Å²) >= 11 is 0. The molecule has 1 aromatic heterocycles. The molecule has 0 atom stereocenters. The van der Waals surface area contributed by atoms with Crippen LogP contribution < -0.4 is 16.0 Å². The Morgan fingerprint density at radius 2 is 1.71 bits per heavy atom. The number of benzene rings is 1. The Bertz CT molecular complexity index is 713. The highest BCUT2D eigenvalue weighted by atomic mass is 16.2. The molecule has 0 bridgehead atoms. The zero-order valence-electron chi connectivity index (χ0n) is 14.0. The van der Waals surface area contributed by atoms with E-state index in [1.807, 2.05) is 0 Å². The molecule has 2 rings (SSSR count). The van der Waals surface area contributed by atoms with Crippen LogP contribution in [0.25, 0.3) is 0 Å². The Kier molecular flexibility index (Phi) is 5.83. The first-order chi connectivity index (χ1) is 11.4. The van der Waals surface area contributed by atoms with Crippen molar-refractivity contribution in [2.75, 3.05) is 22.5 Å². The Hall–Kier alpha value is -2.96. The summed E-state index contributed by atoms with van der Waals surface area (Å²) in [6.07, 6.45) is 2.95. The topological polar surface area (TPSA) is 96.0 Å². The highest BCUT2D eigenvalue weighted by Gasteiger charge is 2.08. The number of hydrogen-bond donors (Lipinski definition) is 3. The highest BCUT2D eigenvalue weighted by Crippen LogP contribution is 2.16. The summed E-state index contributed by atoms with van der Waals surface area (Å²) in [5, 5.41) is 8.51. The van der Waals surface area contributed by atoms with Gasteiger partial charge >= 0.3 is 0 Å². The number of amides is 2. The van der Waals surface area contributed by atoms with Gasteiger partial charge < -0.3 is 16.0 Å². The van der Waals surface area contributed by atoms with Gasteiger partial charge in [-0.2, -0.15) is 0 Å². The molecule has 24 heavy (non-hydrogen) atoms. The van der Waals surface area contributed by atoms with Crippen LogP contribution in [0.1, 0.15) is 31.1 Å². The summed E-state index contributed by atoms with van der Waals surface area (Å²) in [6.45, 7) is 6.37. The van der Waals surface area contributed by atoms with Gasteiger partial charge in [0.25, 0.3) is 5.91 Å². The number of anilines is 3. The largest absolute Gasteiger partial charge is 0.354 e. The summed E-state index contributed by atoms with van der Waals surface area (Å²) in [6, 6.07) is 6.91. The fraction of sp³-hybridized carbons (Fsp3) is 0.294. The lowest BCUT2D eigenvalue weighted by atomic mass is 10.2. The third-order valence-electron chi connectivity index (χ3n) is 3.02. The van der Waals surface area contributed by atoms with Crippen molar-refractivity contribution in [3.63, 3.8) is 0 Å². The predicted molar refractivity (Wildman–Crippen MR) is 94.1 cm³/mol. The second-order valence-corrected chi connectivity index (χ2v) is 5.79. The van der Waals surface area contributed by atoms with E-state index in [0.717, 1.165) is 6.54 Å². The SMILES string of the molecule is CC(=O)Nc1cccc(NC(=O)c2cnc(NCC(C)C)nc2)c1. The molecule has 2 aromatic rings. The monoisotopic (exact) mass is 327 g/mol. The number of nitrogens with one attached hydrogen (secondary N) is 3. The second kappa shape index (κ2) is 8.05. The maximum Gasteiger partial charge on any atom is 0.258 e. The van der Waals surface area contributed by atoms with Gasteiger partial charge in [0.2, 0.25) is 11.9 Å². The minimum absolute atomic E-state index is 0.170. The van der Waals surface area contributed by atoms with Crippen LogP contribution in [0.15, 0.2) is 36.7 Å². The van der Waals surface area contributed by atoms with Crippen molar-refractivity contribution in [2.24, 2.45) is 5.92 Å². The fourth-order valence-corrected chi connectivity index (χ4v) is 1.91. The van der Waals surface area contributed by atoms with E-state index in [1.54, 1.807) is 24.3 Å². The van der Waals surface area contributed by atoms with E-state index >= 15 is 0 Å². The molecular formula is C17H21N5O2. The quantitative estimate of drug-likeness (QED) is 0.758. The molecule has 3 N–H and O–H groups in total. The van der Waals surface area contributed by atoms with Gasteiger partial charge in [-0.05, 0) is 24.1 Å². The lowest BCUT2D eigenvalue weighted by Crippen LogP contribution is -2.15.